The third-order valence-corrected chi connectivity index (χ3v) is 5.04. The summed E-state index contributed by atoms with van der Waals surface area (Å²) in [4.78, 5) is 0. The molecule has 0 aliphatic heterocycles. The highest BCUT2D eigenvalue weighted by Gasteiger charge is 2.04. The molecule has 0 aromatic rings. The van der Waals surface area contributed by atoms with Crippen molar-refractivity contribution in [2.45, 2.75) is 71.1 Å². The van der Waals surface area contributed by atoms with Gasteiger partial charge in [0, 0.05) is 0 Å². The highest BCUT2D eigenvalue weighted by atomic mass is 33.5. The SMILES string of the molecule is CCCCCCCCCCCCS(C)(S)S. The second-order valence-corrected chi connectivity index (χ2v) is 13.0. The summed E-state index contributed by atoms with van der Waals surface area (Å²) in [5.41, 5.74) is 0. The van der Waals surface area contributed by atoms with Crippen LogP contribution in [0.4, 0.5) is 0 Å². The Morgan fingerprint density at radius 2 is 1.06 bits per heavy atom. The van der Waals surface area contributed by atoms with Crippen molar-refractivity contribution < 1.29 is 0 Å². The van der Waals surface area contributed by atoms with Crippen LogP contribution in [-0.2, 0) is 0 Å². The molecule has 0 atom stereocenters. The lowest BCUT2D eigenvalue weighted by Crippen LogP contribution is -1.89. The zero-order valence-electron chi connectivity index (χ0n) is 11.1. The molecular formula is C13H30S3. The van der Waals surface area contributed by atoms with Crippen LogP contribution in [0.25, 0.3) is 0 Å². The minimum Gasteiger partial charge on any atom is -0.152 e. The minimum absolute atomic E-state index is 0.843. The van der Waals surface area contributed by atoms with Crippen LogP contribution in [0.1, 0.15) is 71.1 Å². The molecular weight excluding hydrogens is 252 g/mol. The topological polar surface area (TPSA) is 0 Å². The van der Waals surface area contributed by atoms with Crippen molar-refractivity contribution in [3.63, 3.8) is 0 Å². The first-order valence-corrected chi connectivity index (χ1v) is 11.1. The van der Waals surface area contributed by atoms with Gasteiger partial charge in [-0.25, -0.2) is 0 Å². The van der Waals surface area contributed by atoms with Crippen molar-refractivity contribution in [2.24, 2.45) is 0 Å². The summed E-state index contributed by atoms with van der Waals surface area (Å²) in [5, 5.41) is 0. The fourth-order valence-corrected chi connectivity index (χ4v) is 3.39. The van der Waals surface area contributed by atoms with E-state index in [4.69, 9.17) is 0 Å². The van der Waals surface area contributed by atoms with E-state index in [-0.39, 0.29) is 0 Å². The van der Waals surface area contributed by atoms with E-state index >= 15 is 0 Å². The van der Waals surface area contributed by atoms with Gasteiger partial charge in [0.05, 0.1) is 0 Å². The summed E-state index contributed by atoms with van der Waals surface area (Å²) < 4.78 is 0. The smallest absolute Gasteiger partial charge is 0.00604 e. The number of hydrogen-bond acceptors (Lipinski definition) is 2. The summed E-state index contributed by atoms with van der Waals surface area (Å²) in [6.45, 7) is 2.28. The lowest BCUT2D eigenvalue weighted by molar-refractivity contribution is 0.563. The molecule has 0 amide bonds. The van der Waals surface area contributed by atoms with Crippen LogP contribution in [0.15, 0.2) is 0 Å². The molecule has 0 aromatic heterocycles. The van der Waals surface area contributed by atoms with E-state index in [9.17, 15) is 0 Å². The Hall–Kier alpha value is 1.05. The van der Waals surface area contributed by atoms with Crippen LogP contribution in [-0.4, -0.2) is 12.0 Å². The first kappa shape index (κ1) is 17.1. The maximum Gasteiger partial charge on any atom is -0.00604 e. The summed E-state index contributed by atoms with van der Waals surface area (Å²) in [5.74, 6) is 1.20. The molecule has 0 unspecified atom stereocenters. The van der Waals surface area contributed by atoms with Gasteiger partial charge in [0.15, 0.2) is 0 Å². The van der Waals surface area contributed by atoms with Gasteiger partial charge in [0.25, 0.3) is 0 Å². The van der Waals surface area contributed by atoms with Gasteiger partial charge in [0.2, 0.25) is 0 Å². The molecule has 0 spiro atoms. The summed E-state index contributed by atoms with van der Waals surface area (Å²) in [6.07, 6.45) is 16.2. The Morgan fingerprint density at radius 1 is 0.688 bits per heavy atom. The Kier molecular flexibility index (Phi) is 11.9. The molecule has 0 heterocycles. The Bertz CT molecular complexity index is 141. The maximum atomic E-state index is 4.49. The van der Waals surface area contributed by atoms with E-state index < -0.39 is 8.09 Å². The molecule has 0 fully saturated rings. The maximum absolute atomic E-state index is 4.49. The second kappa shape index (κ2) is 11.2. The van der Waals surface area contributed by atoms with Crippen molar-refractivity contribution >= 4 is 31.4 Å². The molecule has 0 bridgehead atoms. The van der Waals surface area contributed by atoms with Crippen LogP contribution < -0.4 is 0 Å². The predicted molar refractivity (Wildman–Crippen MR) is 88.2 cm³/mol. The zero-order chi connectivity index (χ0) is 12.3. The lowest BCUT2D eigenvalue weighted by atomic mass is 10.1. The zero-order valence-corrected chi connectivity index (χ0v) is 13.7. The van der Waals surface area contributed by atoms with Gasteiger partial charge < -0.3 is 0 Å². The van der Waals surface area contributed by atoms with E-state index in [1.807, 2.05) is 0 Å². The van der Waals surface area contributed by atoms with Crippen molar-refractivity contribution in [1.29, 1.82) is 0 Å². The molecule has 3 heteroatoms. The highest BCUT2D eigenvalue weighted by molar-refractivity contribution is 9.17. The van der Waals surface area contributed by atoms with Gasteiger partial charge in [-0.3, -0.25) is 0 Å². The van der Waals surface area contributed by atoms with Gasteiger partial charge in [-0.1, -0.05) is 64.7 Å². The fourth-order valence-electron chi connectivity index (χ4n) is 1.86. The third kappa shape index (κ3) is 15.0. The van der Waals surface area contributed by atoms with Gasteiger partial charge >= 0.3 is 0 Å². The Morgan fingerprint density at radius 3 is 1.44 bits per heavy atom. The van der Waals surface area contributed by atoms with Crippen LogP contribution in [0.3, 0.4) is 0 Å². The first-order valence-electron chi connectivity index (χ1n) is 6.77. The molecule has 16 heavy (non-hydrogen) atoms. The van der Waals surface area contributed by atoms with E-state index in [0.29, 0.717) is 0 Å². The monoisotopic (exact) mass is 282 g/mol. The minimum atomic E-state index is -0.843. The van der Waals surface area contributed by atoms with Crippen LogP contribution in [0.5, 0.6) is 0 Å². The van der Waals surface area contributed by atoms with Crippen LogP contribution in [0.2, 0.25) is 0 Å². The molecule has 0 aliphatic rings. The molecule has 0 saturated carbocycles. The molecule has 100 valence electrons. The fraction of sp³-hybridized carbons (Fsp3) is 1.00. The highest BCUT2D eigenvalue weighted by Crippen LogP contribution is 2.53. The Balaban J connectivity index is 2.99. The van der Waals surface area contributed by atoms with Gasteiger partial charge in [-0.2, -0.15) is 8.09 Å². The molecule has 0 nitrogen and oxygen atoms in total. The molecule has 0 aromatic carbocycles. The average molecular weight is 283 g/mol. The number of hydrogen-bond donors (Lipinski definition) is 2. The summed E-state index contributed by atoms with van der Waals surface area (Å²) in [6, 6.07) is 0. The van der Waals surface area contributed by atoms with Gasteiger partial charge in [0.1, 0.15) is 0 Å². The van der Waals surface area contributed by atoms with E-state index in [1.54, 1.807) is 0 Å². The molecule has 0 aliphatic carbocycles. The van der Waals surface area contributed by atoms with Crippen molar-refractivity contribution in [1.82, 2.24) is 0 Å². The van der Waals surface area contributed by atoms with E-state index in [2.05, 4.69) is 36.5 Å². The van der Waals surface area contributed by atoms with E-state index in [1.165, 1.54) is 70.0 Å². The van der Waals surface area contributed by atoms with Crippen molar-refractivity contribution in [3.05, 3.63) is 0 Å². The summed E-state index contributed by atoms with van der Waals surface area (Å²) >= 11 is 8.99. The third-order valence-electron chi connectivity index (χ3n) is 2.88. The summed E-state index contributed by atoms with van der Waals surface area (Å²) in [7, 11) is -0.843. The van der Waals surface area contributed by atoms with E-state index in [0.717, 1.165) is 0 Å². The normalized spacial score (nSPS) is 13.0. The predicted octanol–water partition coefficient (Wildman–Crippen LogP) is 6.03. The Labute approximate surface area is 114 Å². The number of thiol groups is 2. The first-order chi connectivity index (χ1) is 7.56. The molecule has 0 rings (SSSR count). The van der Waals surface area contributed by atoms with Crippen LogP contribution in [0, 0.1) is 0 Å². The number of rotatable bonds is 11. The van der Waals surface area contributed by atoms with Gasteiger partial charge in [-0.15, -0.1) is 23.3 Å². The molecule has 0 saturated heterocycles. The van der Waals surface area contributed by atoms with Crippen molar-refractivity contribution in [2.75, 3.05) is 12.0 Å². The molecule has 0 N–H and O–H groups in total. The largest absolute Gasteiger partial charge is 0.152 e. The van der Waals surface area contributed by atoms with Gasteiger partial charge in [-0.05, 0) is 18.4 Å². The average Bonchev–Trinajstić information content (AvgIpc) is 2.19. The standard InChI is InChI=1S/C13H30S3/c1-3-4-5-6-7-8-9-10-11-12-13-16(2,14)15/h14-15H,3-13H2,1-2H3. The quantitative estimate of drug-likeness (QED) is 0.258. The second-order valence-electron chi connectivity index (χ2n) is 4.88. The number of unbranched alkanes of at least 4 members (excludes halogenated alkanes) is 9. The van der Waals surface area contributed by atoms with Crippen molar-refractivity contribution in [3.8, 4) is 0 Å². The molecule has 0 radical (unpaired) electrons. The lowest BCUT2D eigenvalue weighted by Gasteiger charge is -2.21. The van der Waals surface area contributed by atoms with Crippen LogP contribution >= 0.6 is 31.4 Å².